The Hall–Kier alpha value is -1.69. The van der Waals surface area contributed by atoms with Crippen molar-refractivity contribution in [2.24, 2.45) is 0 Å². The molecule has 0 saturated heterocycles. The zero-order chi connectivity index (χ0) is 13.8. The van der Waals surface area contributed by atoms with Crippen molar-refractivity contribution < 1.29 is 4.39 Å². The Balaban J connectivity index is 2.19. The van der Waals surface area contributed by atoms with Gasteiger partial charge >= 0.3 is 0 Å². The van der Waals surface area contributed by atoms with E-state index in [4.69, 9.17) is 0 Å². The van der Waals surface area contributed by atoms with Crippen molar-refractivity contribution in [2.45, 2.75) is 6.54 Å². The second-order valence-electron chi connectivity index (χ2n) is 4.10. The summed E-state index contributed by atoms with van der Waals surface area (Å²) in [4.78, 5) is 9.70. The molecular formula is C13H14BrFN4. The van der Waals surface area contributed by atoms with Gasteiger partial charge in [0.15, 0.2) is 11.6 Å². The van der Waals surface area contributed by atoms with Crippen molar-refractivity contribution in [3.63, 3.8) is 0 Å². The Morgan fingerprint density at radius 2 is 2.00 bits per heavy atom. The van der Waals surface area contributed by atoms with Gasteiger partial charge in [0.25, 0.3) is 0 Å². The number of benzene rings is 1. The van der Waals surface area contributed by atoms with Crippen molar-refractivity contribution >= 4 is 27.7 Å². The fourth-order valence-electron chi connectivity index (χ4n) is 1.68. The molecule has 0 aliphatic rings. The molecule has 0 unspecified atom stereocenters. The van der Waals surface area contributed by atoms with Gasteiger partial charge in [-0.15, -0.1) is 0 Å². The molecule has 6 heteroatoms. The quantitative estimate of drug-likeness (QED) is 0.938. The first-order valence-corrected chi connectivity index (χ1v) is 6.55. The van der Waals surface area contributed by atoms with E-state index in [2.05, 4.69) is 31.2 Å². The number of anilines is 2. The zero-order valence-electron chi connectivity index (χ0n) is 10.7. The lowest BCUT2D eigenvalue weighted by Gasteiger charge is -2.19. The molecule has 0 bridgehead atoms. The minimum Gasteiger partial charge on any atom is -0.357 e. The molecule has 100 valence electrons. The molecule has 2 aromatic rings. The van der Waals surface area contributed by atoms with Gasteiger partial charge in [0.1, 0.15) is 0 Å². The maximum absolute atomic E-state index is 13.7. The Morgan fingerprint density at radius 3 is 2.63 bits per heavy atom. The molecule has 0 amide bonds. The van der Waals surface area contributed by atoms with Crippen LogP contribution in [0.5, 0.6) is 0 Å². The number of hydrogen-bond acceptors (Lipinski definition) is 4. The smallest absolute Gasteiger partial charge is 0.224 e. The summed E-state index contributed by atoms with van der Waals surface area (Å²) in [6.45, 7) is 0.574. The minimum atomic E-state index is -0.432. The lowest BCUT2D eigenvalue weighted by Crippen LogP contribution is -2.20. The first kappa shape index (κ1) is 13.7. The van der Waals surface area contributed by atoms with E-state index >= 15 is 0 Å². The van der Waals surface area contributed by atoms with E-state index in [9.17, 15) is 4.39 Å². The van der Waals surface area contributed by atoms with Crippen molar-refractivity contribution in [1.82, 2.24) is 9.97 Å². The van der Waals surface area contributed by atoms with Crippen molar-refractivity contribution in [2.75, 3.05) is 24.3 Å². The molecule has 1 heterocycles. The second kappa shape index (κ2) is 5.97. The van der Waals surface area contributed by atoms with Gasteiger partial charge in [0.2, 0.25) is 5.95 Å². The van der Waals surface area contributed by atoms with Crippen molar-refractivity contribution in [3.8, 4) is 0 Å². The van der Waals surface area contributed by atoms with Crippen LogP contribution in [0.4, 0.5) is 16.2 Å². The van der Waals surface area contributed by atoms with Gasteiger partial charge in [0.05, 0.1) is 6.20 Å². The van der Waals surface area contributed by atoms with E-state index < -0.39 is 5.82 Å². The SMILES string of the molecule is CNc1ncc(F)c(N(C)Cc2ccc(Br)cc2)n1. The van der Waals surface area contributed by atoms with Gasteiger partial charge in [-0.25, -0.2) is 9.37 Å². The number of rotatable bonds is 4. The van der Waals surface area contributed by atoms with Crippen LogP contribution in [0, 0.1) is 5.82 Å². The highest BCUT2D eigenvalue weighted by molar-refractivity contribution is 9.10. The molecular weight excluding hydrogens is 311 g/mol. The largest absolute Gasteiger partial charge is 0.357 e. The molecule has 0 aliphatic heterocycles. The van der Waals surface area contributed by atoms with Crippen LogP contribution in [0.3, 0.4) is 0 Å². The molecule has 0 fully saturated rings. The lowest BCUT2D eigenvalue weighted by molar-refractivity contribution is 0.608. The van der Waals surface area contributed by atoms with Crippen LogP contribution in [-0.4, -0.2) is 24.1 Å². The van der Waals surface area contributed by atoms with E-state index in [-0.39, 0.29) is 5.82 Å². The summed E-state index contributed by atoms with van der Waals surface area (Å²) in [6.07, 6.45) is 1.17. The highest BCUT2D eigenvalue weighted by Crippen LogP contribution is 2.19. The number of nitrogens with one attached hydrogen (secondary N) is 1. The van der Waals surface area contributed by atoms with Crippen LogP contribution in [0.15, 0.2) is 34.9 Å². The highest BCUT2D eigenvalue weighted by Gasteiger charge is 2.11. The molecule has 1 N–H and O–H groups in total. The Morgan fingerprint density at radius 1 is 1.32 bits per heavy atom. The third-order valence-corrected chi connectivity index (χ3v) is 3.17. The number of halogens is 2. The molecule has 0 spiro atoms. The van der Waals surface area contributed by atoms with Gasteiger partial charge in [-0.2, -0.15) is 4.98 Å². The average Bonchev–Trinajstić information content (AvgIpc) is 2.42. The predicted molar refractivity (Wildman–Crippen MR) is 77.8 cm³/mol. The van der Waals surface area contributed by atoms with Crippen LogP contribution in [0.25, 0.3) is 0 Å². The van der Waals surface area contributed by atoms with Gasteiger partial charge in [-0.3, -0.25) is 0 Å². The molecule has 19 heavy (non-hydrogen) atoms. The fourth-order valence-corrected chi connectivity index (χ4v) is 1.95. The Bertz CT molecular complexity index is 559. The normalized spacial score (nSPS) is 10.3. The highest BCUT2D eigenvalue weighted by atomic mass is 79.9. The molecule has 4 nitrogen and oxygen atoms in total. The Labute approximate surface area is 119 Å². The summed E-state index contributed by atoms with van der Waals surface area (Å²) in [5, 5.41) is 2.80. The van der Waals surface area contributed by atoms with E-state index in [1.165, 1.54) is 6.20 Å². The standard InChI is InChI=1S/C13H14BrFN4/c1-16-13-17-7-11(15)12(18-13)19(2)8-9-3-5-10(14)6-4-9/h3-7H,8H2,1-2H3,(H,16,17,18). The molecule has 0 radical (unpaired) electrons. The van der Waals surface area contributed by atoms with Crippen LogP contribution in [0.1, 0.15) is 5.56 Å². The molecule has 0 saturated carbocycles. The van der Waals surface area contributed by atoms with E-state index in [1.54, 1.807) is 19.0 Å². The lowest BCUT2D eigenvalue weighted by atomic mass is 10.2. The summed E-state index contributed by atoms with van der Waals surface area (Å²) < 4.78 is 14.7. The number of nitrogens with zero attached hydrogens (tertiary/aromatic N) is 3. The van der Waals surface area contributed by atoms with Crippen LogP contribution in [-0.2, 0) is 6.54 Å². The minimum absolute atomic E-state index is 0.280. The predicted octanol–water partition coefficient (Wildman–Crippen LogP) is 3.06. The summed E-state index contributed by atoms with van der Waals surface area (Å²) in [5.41, 5.74) is 1.08. The van der Waals surface area contributed by atoms with Crippen molar-refractivity contribution in [1.29, 1.82) is 0 Å². The maximum Gasteiger partial charge on any atom is 0.224 e. The summed E-state index contributed by atoms with van der Waals surface area (Å²) in [5.74, 6) is 0.250. The van der Waals surface area contributed by atoms with Gasteiger partial charge < -0.3 is 10.2 Å². The monoisotopic (exact) mass is 324 g/mol. The van der Waals surface area contributed by atoms with Gasteiger partial charge in [0, 0.05) is 25.1 Å². The first-order chi connectivity index (χ1) is 9.10. The summed E-state index contributed by atoms with van der Waals surface area (Å²) in [7, 11) is 3.50. The third kappa shape index (κ3) is 3.41. The van der Waals surface area contributed by atoms with E-state index in [0.29, 0.717) is 12.5 Å². The summed E-state index contributed by atoms with van der Waals surface area (Å²) >= 11 is 3.38. The number of aromatic nitrogens is 2. The topological polar surface area (TPSA) is 41.1 Å². The van der Waals surface area contributed by atoms with Crippen LogP contribution >= 0.6 is 15.9 Å². The van der Waals surface area contributed by atoms with E-state index in [0.717, 1.165) is 10.0 Å². The number of hydrogen-bond donors (Lipinski definition) is 1. The van der Waals surface area contributed by atoms with Gasteiger partial charge in [-0.05, 0) is 17.7 Å². The fraction of sp³-hybridized carbons (Fsp3) is 0.231. The summed E-state index contributed by atoms with van der Waals surface area (Å²) in [6, 6.07) is 7.88. The zero-order valence-corrected chi connectivity index (χ0v) is 12.3. The molecule has 0 atom stereocenters. The second-order valence-corrected chi connectivity index (χ2v) is 5.01. The van der Waals surface area contributed by atoms with Crippen LogP contribution in [0.2, 0.25) is 0 Å². The first-order valence-electron chi connectivity index (χ1n) is 5.76. The average molecular weight is 325 g/mol. The van der Waals surface area contributed by atoms with E-state index in [1.807, 2.05) is 24.3 Å². The van der Waals surface area contributed by atoms with Crippen LogP contribution < -0.4 is 10.2 Å². The molecule has 0 aliphatic carbocycles. The molecule has 1 aromatic carbocycles. The Kier molecular flexibility index (Phi) is 4.31. The van der Waals surface area contributed by atoms with Gasteiger partial charge in [-0.1, -0.05) is 28.1 Å². The third-order valence-electron chi connectivity index (χ3n) is 2.64. The molecule has 1 aromatic heterocycles. The maximum atomic E-state index is 13.7. The van der Waals surface area contributed by atoms with Crippen molar-refractivity contribution in [3.05, 3.63) is 46.3 Å². The molecule has 2 rings (SSSR count).